The van der Waals surface area contributed by atoms with Gasteiger partial charge in [0.15, 0.2) is 23.8 Å². The molecular weight excluding hydrogens is 444 g/mol. The molecule has 0 saturated heterocycles. The Kier molecular flexibility index (Phi) is 13.4. The molecule has 33 heavy (non-hydrogen) atoms. The van der Waals surface area contributed by atoms with Crippen molar-refractivity contribution in [3.63, 3.8) is 0 Å². The van der Waals surface area contributed by atoms with Gasteiger partial charge in [0.05, 0.1) is 32.9 Å². The molecule has 184 valence electrons. The van der Waals surface area contributed by atoms with Crippen molar-refractivity contribution in [2.75, 3.05) is 58.8 Å². The zero-order chi connectivity index (χ0) is 23.9. The van der Waals surface area contributed by atoms with Gasteiger partial charge in [0, 0.05) is 69.7 Å². The van der Waals surface area contributed by atoms with Gasteiger partial charge in [0.2, 0.25) is 0 Å². The fourth-order valence-electron chi connectivity index (χ4n) is 3.93. The lowest BCUT2D eigenvalue weighted by atomic mass is 10.2. The van der Waals surface area contributed by atoms with Gasteiger partial charge in [-0.2, -0.15) is 0 Å². The first-order valence-electron chi connectivity index (χ1n) is 12.5. The molecule has 6 heteroatoms. The number of unbranched alkanes of at least 4 members (excludes halogenated alkanes) is 2. The van der Waals surface area contributed by atoms with Crippen LogP contribution in [0.5, 0.6) is 0 Å². The topological polar surface area (TPSA) is 11.0 Å². The van der Waals surface area contributed by atoms with Gasteiger partial charge in [-0.05, 0) is 20.0 Å². The molecular formula is C27H47N4S2+3. The molecule has 0 aromatic carbocycles. The lowest BCUT2D eigenvalue weighted by molar-refractivity contribution is -0.888. The fourth-order valence-corrected chi connectivity index (χ4v) is 6.28. The molecule has 0 atom stereocenters. The number of aromatic nitrogens is 2. The Morgan fingerprint density at radius 3 is 1.91 bits per heavy atom. The molecule has 0 radical (unpaired) electrons. The summed E-state index contributed by atoms with van der Waals surface area (Å²) in [6.45, 7) is 11.5. The maximum Gasteiger partial charge on any atom is 0.178 e. The van der Waals surface area contributed by atoms with Gasteiger partial charge in [0.25, 0.3) is 0 Å². The molecule has 0 aliphatic carbocycles. The summed E-state index contributed by atoms with van der Waals surface area (Å²) >= 11 is 0. The van der Waals surface area contributed by atoms with E-state index in [0.717, 1.165) is 17.6 Å². The molecule has 0 fully saturated rings. The largest absolute Gasteiger partial charge is 0.328 e. The predicted octanol–water partition coefficient (Wildman–Crippen LogP) is 4.53. The highest BCUT2D eigenvalue weighted by atomic mass is 33.1. The van der Waals surface area contributed by atoms with Crippen molar-refractivity contribution in [1.82, 2.24) is 4.90 Å². The SMILES string of the molecule is Cc1cccc[n+]1CCCCN(C)CCSSCC[N+](C)(C)CCCC[n+]1ccccc1C. The molecule has 2 aromatic heterocycles. The second kappa shape index (κ2) is 15.8. The van der Waals surface area contributed by atoms with Crippen LogP contribution in [0.3, 0.4) is 0 Å². The van der Waals surface area contributed by atoms with E-state index in [0.29, 0.717) is 0 Å². The van der Waals surface area contributed by atoms with Crippen LogP contribution in [0, 0.1) is 13.8 Å². The second-order valence-corrected chi connectivity index (χ2v) is 12.5. The number of hydrogen-bond donors (Lipinski definition) is 0. The second-order valence-electron chi connectivity index (χ2n) is 9.82. The normalized spacial score (nSPS) is 11.9. The summed E-state index contributed by atoms with van der Waals surface area (Å²) in [6.07, 6.45) is 9.46. The Morgan fingerprint density at radius 1 is 0.727 bits per heavy atom. The Balaban J connectivity index is 1.44. The first kappa shape index (κ1) is 28.2. The molecule has 0 bridgehead atoms. The van der Waals surface area contributed by atoms with Gasteiger partial charge >= 0.3 is 0 Å². The minimum atomic E-state index is 1.13. The first-order chi connectivity index (χ1) is 15.9. The van der Waals surface area contributed by atoms with Gasteiger partial charge < -0.3 is 9.38 Å². The van der Waals surface area contributed by atoms with Crippen LogP contribution in [0.15, 0.2) is 48.8 Å². The smallest absolute Gasteiger partial charge is 0.178 e. The van der Waals surface area contributed by atoms with Crippen LogP contribution in [0.2, 0.25) is 0 Å². The van der Waals surface area contributed by atoms with Crippen LogP contribution >= 0.6 is 21.6 Å². The lowest BCUT2D eigenvalue weighted by Gasteiger charge is -2.29. The number of nitrogens with zero attached hydrogens (tertiary/aromatic N) is 4. The number of hydrogen-bond acceptors (Lipinski definition) is 3. The summed E-state index contributed by atoms with van der Waals surface area (Å²) in [7, 11) is 11.1. The van der Waals surface area contributed by atoms with Crippen LogP contribution in [-0.2, 0) is 13.1 Å². The highest BCUT2D eigenvalue weighted by Gasteiger charge is 2.15. The molecule has 0 N–H and O–H groups in total. The molecule has 0 amide bonds. The van der Waals surface area contributed by atoms with Crippen LogP contribution in [0.1, 0.15) is 37.1 Å². The van der Waals surface area contributed by atoms with Gasteiger partial charge in [-0.3, -0.25) is 0 Å². The van der Waals surface area contributed by atoms with E-state index in [1.165, 1.54) is 74.8 Å². The van der Waals surface area contributed by atoms with Crippen LogP contribution in [0.4, 0.5) is 0 Å². The van der Waals surface area contributed by atoms with Crippen LogP contribution in [0.25, 0.3) is 0 Å². The third-order valence-electron chi connectivity index (χ3n) is 6.36. The Morgan fingerprint density at radius 2 is 1.30 bits per heavy atom. The van der Waals surface area contributed by atoms with E-state index >= 15 is 0 Å². The van der Waals surface area contributed by atoms with Crippen molar-refractivity contribution in [2.24, 2.45) is 0 Å². The monoisotopic (exact) mass is 491 g/mol. The van der Waals surface area contributed by atoms with E-state index in [2.05, 4.69) is 109 Å². The van der Waals surface area contributed by atoms with E-state index in [9.17, 15) is 0 Å². The van der Waals surface area contributed by atoms with E-state index < -0.39 is 0 Å². The molecule has 0 aliphatic rings. The summed E-state index contributed by atoms with van der Waals surface area (Å²) in [5, 5.41) is 0. The average molecular weight is 492 g/mol. The molecule has 0 aliphatic heterocycles. The van der Waals surface area contributed by atoms with E-state index in [4.69, 9.17) is 0 Å². The van der Waals surface area contributed by atoms with Crippen LogP contribution < -0.4 is 9.13 Å². The van der Waals surface area contributed by atoms with Crippen molar-refractivity contribution in [3.8, 4) is 0 Å². The van der Waals surface area contributed by atoms with E-state index in [1.54, 1.807) is 0 Å². The minimum Gasteiger partial charge on any atom is -0.328 e. The average Bonchev–Trinajstić information content (AvgIpc) is 2.79. The number of pyridine rings is 2. The highest BCUT2D eigenvalue weighted by molar-refractivity contribution is 8.76. The first-order valence-corrected chi connectivity index (χ1v) is 15.0. The molecule has 0 unspecified atom stereocenters. The number of rotatable bonds is 17. The van der Waals surface area contributed by atoms with E-state index in [1.807, 2.05) is 10.8 Å². The molecule has 0 spiro atoms. The van der Waals surface area contributed by atoms with Gasteiger partial charge in [-0.1, -0.05) is 33.7 Å². The van der Waals surface area contributed by atoms with Crippen molar-refractivity contribution in [1.29, 1.82) is 0 Å². The molecule has 2 rings (SSSR count). The lowest BCUT2D eigenvalue weighted by Crippen LogP contribution is -2.43. The van der Waals surface area contributed by atoms with Crippen molar-refractivity contribution >= 4 is 21.6 Å². The zero-order valence-corrected chi connectivity index (χ0v) is 23.3. The van der Waals surface area contributed by atoms with Crippen molar-refractivity contribution in [2.45, 2.75) is 52.6 Å². The minimum absolute atomic E-state index is 1.13. The van der Waals surface area contributed by atoms with Crippen LogP contribution in [-0.4, -0.2) is 68.2 Å². The predicted molar refractivity (Wildman–Crippen MR) is 145 cm³/mol. The molecule has 2 aromatic rings. The summed E-state index contributed by atoms with van der Waals surface area (Å²) in [5.41, 5.74) is 2.70. The van der Waals surface area contributed by atoms with Gasteiger partial charge in [-0.15, -0.1) is 0 Å². The number of aryl methyl sites for hydroxylation is 4. The molecule has 2 heterocycles. The quantitative estimate of drug-likeness (QED) is 0.139. The number of quaternary nitrogens is 1. The fraction of sp³-hybridized carbons (Fsp3) is 0.630. The third-order valence-corrected chi connectivity index (χ3v) is 8.72. The Labute approximate surface area is 211 Å². The van der Waals surface area contributed by atoms with E-state index in [-0.39, 0.29) is 0 Å². The molecule has 4 nitrogen and oxygen atoms in total. The Bertz CT molecular complexity index is 797. The summed E-state index contributed by atoms with van der Waals surface area (Å²) in [6, 6.07) is 12.9. The highest BCUT2D eigenvalue weighted by Crippen LogP contribution is 2.21. The summed E-state index contributed by atoms with van der Waals surface area (Å²) in [5.74, 6) is 2.45. The van der Waals surface area contributed by atoms with Gasteiger partial charge in [0.1, 0.15) is 13.1 Å². The maximum absolute atomic E-state index is 2.49. The third kappa shape index (κ3) is 12.3. The summed E-state index contributed by atoms with van der Waals surface area (Å²) in [4.78, 5) is 2.49. The molecule has 0 saturated carbocycles. The maximum atomic E-state index is 2.49. The standard InChI is InChI=1S/C27H47N4S2/c1-26-14-6-8-17-29(26)19-11-10-16-28(3)21-24-32-33-25-23-31(4,5)22-13-12-20-30-18-9-7-15-27(30)2/h6-9,14-15,17-18H,10-13,16,19-25H2,1-5H3/q+3. The van der Waals surface area contributed by atoms with Crippen molar-refractivity contribution in [3.05, 3.63) is 60.2 Å². The van der Waals surface area contributed by atoms with Gasteiger partial charge in [-0.25, -0.2) is 9.13 Å². The zero-order valence-electron chi connectivity index (χ0n) is 21.7. The summed E-state index contributed by atoms with van der Waals surface area (Å²) < 4.78 is 5.85. The van der Waals surface area contributed by atoms with Crippen molar-refractivity contribution < 1.29 is 13.6 Å². The Hall–Kier alpha value is -1.08.